The Morgan fingerprint density at radius 1 is 1.36 bits per heavy atom. The molecule has 5 nitrogen and oxygen atoms in total. The fraction of sp³-hybridized carbons (Fsp3) is 0.562. The second kappa shape index (κ2) is 6.56. The zero-order valence-electron chi connectivity index (χ0n) is 12.4. The lowest BCUT2D eigenvalue weighted by molar-refractivity contribution is -0.136. The van der Waals surface area contributed by atoms with Crippen molar-refractivity contribution in [2.75, 3.05) is 26.4 Å². The van der Waals surface area contributed by atoms with Crippen LogP contribution in [0.3, 0.4) is 0 Å². The standard InChI is InChI=1S/C16H21BrN2O3/c17-11-1-2-14-12(9-11)13(3-6-22-14)19-15(20)16(10-18)4-7-21-8-5-16/h1-2,9,13H,3-8,10,18H2,(H,19,20). The molecule has 0 saturated carbocycles. The van der Waals surface area contributed by atoms with Gasteiger partial charge in [-0.2, -0.15) is 0 Å². The molecule has 2 aliphatic heterocycles. The quantitative estimate of drug-likeness (QED) is 0.856. The van der Waals surface area contributed by atoms with Crippen LogP contribution < -0.4 is 15.8 Å². The predicted octanol–water partition coefficient (Wildman–Crippen LogP) is 2.14. The fourth-order valence-electron chi connectivity index (χ4n) is 3.11. The van der Waals surface area contributed by atoms with Gasteiger partial charge in [-0.25, -0.2) is 0 Å². The number of carbonyl (C=O) groups is 1. The van der Waals surface area contributed by atoms with Crippen LogP contribution in [0.1, 0.15) is 30.9 Å². The zero-order valence-corrected chi connectivity index (χ0v) is 14.0. The lowest BCUT2D eigenvalue weighted by Crippen LogP contribution is -2.50. The molecule has 0 bridgehead atoms. The van der Waals surface area contributed by atoms with Crippen LogP contribution in [0.5, 0.6) is 5.75 Å². The number of nitrogens with one attached hydrogen (secondary N) is 1. The molecule has 1 atom stereocenters. The van der Waals surface area contributed by atoms with Crippen molar-refractivity contribution in [2.45, 2.75) is 25.3 Å². The maximum Gasteiger partial charge on any atom is 0.228 e. The van der Waals surface area contributed by atoms with Gasteiger partial charge in [-0.05, 0) is 31.0 Å². The van der Waals surface area contributed by atoms with Gasteiger partial charge in [0.2, 0.25) is 5.91 Å². The van der Waals surface area contributed by atoms with Crippen molar-refractivity contribution in [1.82, 2.24) is 5.32 Å². The van der Waals surface area contributed by atoms with E-state index < -0.39 is 5.41 Å². The van der Waals surface area contributed by atoms with Gasteiger partial charge in [0.25, 0.3) is 0 Å². The van der Waals surface area contributed by atoms with Gasteiger partial charge in [0.15, 0.2) is 0 Å². The summed E-state index contributed by atoms with van der Waals surface area (Å²) in [5, 5.41) is 3.19. The first-order valence-electron chi connectivity index (χ1n) is 7.66. The van der Waals surface area contributed by atoms with Gasteiger partial charge < -0.3 is 20.5 Å². The molecule has 3 N–H and O–H groups in total. The highest BCUT2D eigenvalue weighted by Crippen LogP contribution is 2.36. The summed E-state index contributed by atoms with van der Waals surface area (Å²) >= 11 is 3.48. The van der Waals surface area contributed by atoms with Gasteiger partial charge in [-0.1, -0.05) is 15.9 Å². The number of nitrogens with two attached hydrogens (primary N) is 1. The number of halogens is 1. The Hall–Kier alpha value is -1.11. The molecule has 1 aromatic rings. The molecule has 120 valence electrons. The lowest BCUT2D eigenvalue weighted by atomic mass is 9.79. The van der Waals surface area contributed by atoms with E-state index in [0.29, 0.717) is 39.2 Å². The average molecular weight is 369 g/mol. The monoisotopic (exact) mass is 368 g/mol. The molecular weight excluding hydrogens is 348 g/mol. The van der Waals surface area contributed by atoms with Crippen molar-refractivity contribution in [1.29, 1.82) is 0 Å². The Balaban J connectivity index is 1.79. The largest absolute Gasteiger partial charge is 0.493 e. The van der Waals surface area contributed by atoms with Crippen molar-refractivity contribution in [2.24, 2.45) is 11.1 Å². The van der Waals surface area contributed by atoms with Crippen molar-refractivity contribution in [3.63, 3.8) is 0 Å². The second-order valence-electron chi connectivity index (χ2n) is 5.94. The van der Waals surface area contributed by atoms with E-state index in [-0.39, 0.29) is 11.9 Å². The summed E-state index contributed by atoms with van der Waals surface area (Å²) in [6.07, 6.45) is 2.14. The minimum absolute atomic E-state index is 0.0278. The third kappa shape index (κ3) is 3.00. The van der Waals surface area contributed by atoms with Crippen LogP contribution in [0.4, 0.5) is 0 Å². The number of carbonyl (C=O) groups excluding carboxylic acids is 1. The Bertz CT molecular complexity index is 558. The topological polar surface area (TPSA) is 73.6 Å². The lowest BCUT2D eigenvalue weighted by Gasteiger charge is -2.37. The normalized spacial score (nSPS) is 23.3. The molecule has 0 aromatic heterocycles. The molecule has 2 aliphatic rings. The molecule has 22 heavy (non-hydrogen) atoms. The summed E-state index contributed by atoms with van der Waals surface area (Å²) in [5.74, 6) is 0.879. The number of hydrogen-bond donors (Lipinski definition) is 2. The van der Waals surface area contributed by atoms with Gasteiger partial charge in [-0.3, -0.25) is 4.79 Å². The molecule has 1 fully saturated rings. The summed E-state index contributed by atoms with van der Waals surface area (Å²) in [6, 6.07) is 5.87. The van der Waals surface area contributed by atoms with Crippen molar-refractivity contribution < 1.29 is 14.3 Å². The molecule has 1 aromatic carbocycles. The Morgan fingerprint density at radius 3 is 2.86 bits per heavy atom. The van der Waals surface area contributed by atoms with Gasteiger partial charge >= 0.3 is 0 Å². The van der Waals surface area contributed by atoms with E-state index in [1.165, 1.54) is 0 Å². The first-order chi connectivity index (χ1) is 10.6. The van der Waals surface area contributed by atoms with Crippen molar-refractivity contribution >= 4 is 21.8 Å². The highest BCUT2D eigenvalue weighted by atomic mass is 79.9. The summed E-state index contributed by atoms with van der Waals surface area (Å²) < 4.78 is 12.0. The highest BCUT2D eigenvalue weighted by molar-refractivity contribution is 9.10. The third-order valence-corrected chi connectivity index (χ3v) is 5.13. The number of fused-ring (bicyclic) bond motifs is 1. The van der Waals surface area contributed by atoms with Gasteiger partial charge in [0, 0.05) is 36.2 Å². The van der Waals surface area contributed by atoms with E-state index in [1.54, 1.807) is 0 Å². The number of hydrogen-bond acceptors (Lipinski definition) is 4. The van der Waals surface area contributed by atoms with Crippen molar-refractivity contribution in [3.8, 4) is 5.75 Å². The Morgan fingerprint density at radius 2 is 2.14 bits per heavy atom. The van der Waals surface area contributed by atoms with Crippen LogP contribution in [0, 0.1) is 5.41 Å². The van der Waals surface area contributed by atoms with Crippen LogP contribution in [-0.2, 0) is 9.53 Å². The van der Waals surface area contributed by atoms with E-state index in [9.17, 15) is 4.79 Å². The molecule has 1 saturated heterocycles. The fourth-order valence-corrected chi connectivity index (χ4v) is 3.49. The molecule has 3 rings (SSSR count). The second-order valence-corrected chi connectivity index (χ2v) is 6.86. The summed E-state index contributed by atoms with van der Waals surface area (Å²) in [7, 11) is 0. The number of benzene rings is 1. The smallest absolute Gasteiger partial charge is 0.228 e. The number of amides is 1. The SMILES string of the molecule is NCC1(C(=O)NC2CCOc3ccc(Br)cc32)CCOCC1. The maximum atomic E-state index is 12.8. The van der Waals surface area contributed by atoms with Crippen LogP contribution in [-0.4, -0.2) is 32.3 Å². The molecule has 6 heteroatoms. The summed E-state index contributed by atoms with van der Waals surface area (Å²) in [5.41, 5.74) is 6.44. The summed E-state index contributed by atoms with van der Waals surface area (Å²) in [4.78, 5) is 12.8. The van der Waals surface area contributed by atoms with Crippen LogP contribution in [0.25, 0.3) is 0 Å². The van der Waals surface area contributed by atoms with Crippen LogP contribution >= 0.6 is 15.9 Å². The molecule has 1 unspecified atom stereocenters. The summed E-state index contributed by atoms with van der Waals surface area (Å²) in [6.45, 7) is 2.16. The van der Waals surface area contributed by atoms with Gasteiger partial charge in [-0.15, -0.1) is 0 Å². The van der Waals surface area contributed by atoms with E-state index in [4.69, 9.17) is 15.2 Å². The Kier molecular flexibility index (Phi) is 4.70. The van der Waals surface area contributed by atoms with Crippen LogP contribution in [0.15, 0.2) is 22.7 Å². The third-order valence-electron chi connectivity index (χ3n) is 4.64. The first kappa shape index (κ1) is 15.8. The van der Waals surface area contributed by atoms with Crippen molar-refractivity contribution in [3.05, 3.63) is 28.2 Å². The van der Waals surface area contributed by atoms with Crippen LogP contribution in [0.2, 0.25) is 0 Å². The van der Waals surface area contributed by atoms with E-state index in [2.05, 4.69) is 21.2 Å². The molecule has 1 amide bonds. The minimum atomic E-state index is -0.497. The predicted molar refractivity (Wildman–Crippen MR) is 86.7 cm³/mol. The number of rotatable bonds is 3. The Labute approximate surface area is 138 Å². The van der Waals surface area contributed by atoms with E-state index in [0.717, 1.165) is 22.2 Å². The average Bonchev–Trinajstić information content (AvgIpc) is 2.56. The molecule has 0 spiro atoms. The molecular formula is C16H21BrN2O3. The first-order valence-corrected chi connectivity index (χ1v) is 8.45. The number of ether oxygens (including phenoxy) is 2. The van der Waals surface area contributed by atoms with Gasteiger partial charge in [0.1, 0.15) is 5.75 Å². The molecule has 0 aliphatic carbocycles. The zero-order chi connectivity index (χ0) is 15.6. The maximum absolute atomic E-state index is 12.8. The van der Waals surface area contributed by atoms with E-state index >= 15 is 0 Å². The highest BCUT2D eigenvalue weighted by Gasteiger charge is 2.40. The molecule has 0 radical (unpaired) electrons. The van der Waals surface area contributed by atoms with E-state index in [1.807, 2.05) is 18.2 Å². The molecule has 2 heterocycles. The minimum Gasteiger partial charge on any atom is -0.493 e. The van der Waals surface area contributed by atoms with Gasteiger partial charge in [0.05, 0.1) is 18.1 Å².